The van der Waals surface area contributed by atoms with Crippen molar-refractivity contribution < 1.29 is 0 Å². The Morgan fingerprint density at radius 3 is 2.52 bits per heavy atom. The third kappa shape index (κ3) is 2.21. The summed E-state index contributed by atoms with van der Waals surface area (Å²) in [5.41, 5.74) is 7.09. The van der Waals surface area contributed by atoms with Gasteiger partial charge in [0.2, 0.25) is 0 Å². The summed E-state index contributed by atoms with van der Waals surface area (Å²) in [4.78, 5) is 0. The zero-order valence-electron chi connectivity index (χ0n) is 13.8. The maximum absolute atomic E-state index is 4.17. The largest absolute Gasteiger partial charge is 0.0999 e. The Hall–Kier alpha value is -2.34. The van der Waals surface area contributed by atoms with Crippen LogP contribution < -0.4 is 0 Å². The highest BCUT2D eigenvalue weighted by atomic mass is 14.3. The molecule has 0 aliphatic heterocycles. The van der Waals surface area contributed by atoms with E-state index in [0.717, 1.165) is 6.42 Å². The Morgan fingerprint density at radius 1 is 0.957 bits per heavy atom. The minimum atomic E-state index is 0.471. The Bertz CT molecular complexity index is 901. The molecule has 2 atom stereocenters. The summed E-state index contributed by atoms with van der Waals surface area (Å²) < 4.78 is 0. The van der Waals surface area contributed by atoms with Crippen LogP contribution in [-0.4, -0.2) is 0 Å². The zero-order chi connectivity index (χ0) is 16.0. The van der Waals surface area contributed by atoms with Gasteiger partial charge in [-0.15, -0.1) is 0 Å². The summed E-state index contributed by atoms with van der Waals surface area (Å²) in [6.07, 6.45) is 1.13. The number of hydrogen-bond donors (Lipinski definition) is 0. The smallest absolute Gasteiger partial charge is 0.0113 e. The molecule has 0 radical (unpaired) electrons. The van der Waals surface area contributed by atoms with Gasteiger partial charge in [-0.2, -0.15) is 0 Å². The Kier molecular flexibility index (Phi) is 3.34. The quantitative estimate of drug-likeness (QED) is 0.481. The molecular weight excluding hydrogens is 276 g/mol. The van der Waals surface area contributed by atoms with E-state index < -0.39 is 0 Å². The molecule has 0 aromatic heterocycles. The van der Waals surface area contributed by atoms with Crippen molar-refractivity contribution in [2.45, 2.75) is 26.2 Å². The fourth-order valence-corrected chi connectivity index (χ4v) is 3.91. The number of fused-ring (bicyclic) bond motifs is 5. The lowest BCUT2D eigenvalue weighted by Crippen LogP contribution is -2.05. The topological polar surface area (TPSA) is 0 Å². The van der Waals surface area contributed by atoms with Gasteiger partial charge in [-0.05, 0) is 52.3 Å². The van der Waals surface area contributed by atoms with E-state index in [0.29, 0.717) is 11.8 Å². The van der Waals surface area contributed by atoms with E-state index in [1.807, 2.05) is 0 Å². The van der Waals surface area contributed by atoms with E-state index in [1.54, 1.807) is 0 Å². The van der Waals surface area contributed by atoms with Crippen molar-refractivity contribution in [2.24, 2.45) is 5.92 Å². The maximum atomic E-state index is 4.17. The maximum Gasteiger partial charge on any atom is 0.0113 e. The number of hydrogen-bond acceptors (Lipinski definition) is 0. The lowest BCUT2D eigenvalue weighted by atomic mass is 9.84. The van der Waals surface area contributed by atoms with Crippen LogP contribution >= 0.6 is 0 Å². The van der Waals surface area contributed by atoms with Gasteiger partial charge in [-0.1, -0.05) is 79.7 Å². The first-order chi connectivity index (χ1) is 11.2. The molecule has 2 unspecified atom stereocenters. The molecule has 1 aliphatic carbocycles. The SMILES string of the molecule is C=C(C)C(C)CC1c2ccccc2-c2ccc3ccccc3c21. The molecule has 0 heterocycles. The minimum absolute atomic E-state index is 0.471. The van der Waals surface area contributed by atoms with Crippen LogP contribution in [-0.2, 0) is 0 Å². The lowest BCUT2D eigenvalue weighted by molar-refractivity contribution is 0.573. The molecular formula is C23H22. The molecule has 0 saturated heterocycles. The molecule has 0 N–H and O–H groups in total. The summed E-state index contributed by atoms with van der Waals surface area (Å²) in [5.74, 6) is 0.997. The van der Waals surface area contributed by atoms with Crippen LogP contribution in [0.15, 0.2) is 72.8 Å². The van der Waals surface area contributed by atoms with E-state index in [4.69, 9.17) is 0 Å². The lowest BCUT2D eigenvalue weighted by Gasteiger charge is -2.20. The van der Waals surface area contributed by atoms with Gasteiger partial charge in [-0.25, -0.2) is 0 Å². The molecule has 3 aromatic rings. The Balaban J connectivity index is 1.96. The van der Waals surface area contributed by atoms with E-state index in [9.17, 15) is 0 Å². The molecule has 0 fully saturated rings. The average molecular weight is 298 g/mol. The molecule has 114 valence electrons. The monoisotopic (exact) mass is 298 g/mol. The zero-order valence-corrected chi connectivity index (χ0v) is 13.8. The first-order valence-corrected chi connectivity index (χ1v) is 8.43. The van der Waals surface area contributed by atoms with E-state index in [-0.39, 0.29) is 0 Å². The van der Waals surface area contributed by atoms with E-state index in [2.05, 4.69) is 81.1 Å². The molecule has 23 heavy (non-hydrogen) atoms. The predicted octanol–water partition coefficient (Wildman–Crippen LogP) is 6.55. The molecule has 0 bridgehead atoms. The first kappa shape index (κ1) is 14.3. The third-order valence-electron chi connectivity index (χ3n) is 5.38. The molecule has 0 saturated carbocycles. The summed E-state index contributed by atoms with van der Waals surface area (Å²) in [5, 5.41) is 2.74. The second-order valence-corrected chi connectivity index (χ2v) is 6.87. The molecule has 0 nitrogen and oxygen atoms in total. The van der Waals surface area contributed by atoms with Gasteiger partial charge in [0.15, 0.2) is 0 Å². The molecule has 3 aromatic carbocycles. The van der Waals surface area contributed by atoms with Crippen LogP contribution in [0.2, 0.25) is 0 Å². The summed E-state index contributed by atoms with van der Waals surface area (Å²) in [7, 11) is 0. The van der Waals surface area contributed by atoms with Crippen molar-refractivity contribution in [3.8, 4) is 11.1 Å². The summed E-state index contributed by atoms with van der Waals surface area (Å²) in [6, 6.07) is 22.3. The fraction of sp³-hybridized carbons (Fsp3) is 0.217. The van der Waals surface area contributed by atoms with Gasteiger partial charge >= 0.3 is 0 Å². The average Bonchev–Trinajstić information content (AvgIpc) is 2.89. The van der Waals surface area contributed by atoms with Crippen LogP contribution in [0.5, 0.6) is 0 Å². The Labute approximate surface area is 138 Å². The number of benzene rings is 3. The van der Waals surface area contributed by atoms with Crippen LogP contribution in [0.4, 0.5) is 0 Å². The van der Waals surface area contributed by atoms with Crippen LogP contribution in [0.1, 0.15) is 37.3 Å². The standard InChI is InChI=1S/C23H22/c1-15(2)16(3)14-22-20-11-7-6-10-19(20)21-13-12-17-8-4-5-9-18(17)23(21)22/h4-13,16,22H,1,14H2,2-3H3. The highest BCUT2D eigenvalue weighted by Gasteiger charge is 2.30. The Morgan fingerprint density at radius 2 is 1.70 bits per heavy atom. The predicted molar refractivity (Wildman–Crippen MR) is 99.8 cm³/mol. The first-order valence-electron chi connectivity index (χ1n) is 8.43. The van der Waals surface area contributed by atoms with Gasteiger partial charge in [0.05, 0.1) is 0 Å². The van der Waals surface area contributed by atoms with Crippen molar-refractivity contribution in [3.05, 3.63) is 83.9 Å². The summed E-state index contributed by atoms with van der Waals surface area (Å²) in [6.45, 7) is 8.62. The van der Waals surface area contributed by atoms with Crippen LogP contribution in [0.25, 0.3) is 21.9 Å². The van der Waals surface area contributed by atoms with Crippen molar-refractivity contribution in [2.75, 3.05) is 0 Å². The third-order valence-corrected chi connectivity index (χ3v) is 5.38. The second-order valence-electron chi connectivity index (χ2n) is 6.87. The number of allylic oxidation sites excluding steroid dienone is 1. The van der Waals surface area contributed by atoms with Crippen molar-refractivity contribution in [3.63, 3.8) is 0 Å². The number of rotatable bonds is 3. The van der Waals surface area contributed by atoms with Crippen molar-refractivity contribution in [1.29, 1.82) is 0 Å². The van der Waals surface area contributed by atoms with Gasteiger partial charge in [0.1, 0.15) is 0 Å². The normalized spacial score (nSPS) is 16.9. The fourth-order valence-electron chi connectivity index (χ4n) is 3.91. The second kappa shape index (κ2) is 5.38. The van der Waals surface area contributed by atoms with E-state index in [1.165, 1.54) is 38.6 Å². The van der Waals surface area contributed by atoms with E-state index >= 15 is 0 Å². The molecule has 0 amide bonds. The highest BCUT2D eigenvalue weighted by Crippen LogP contribution is 2.50. The molecule has 4 rings (SSSR count). The van der Waals surface area contributed by atoms with Crippen LogP contribution in [0.3, 0.4) is 0 Å². The summed E-state index contributed by atoms with van der Waals surface area (Å²) >= 11 is 0. The molecule has 0 heteroatoms. The van der Waals surface area contributed by atoms with Gasteiger partial charge in [0, 0.05) is 5.92 Å². The van der Waals surface area contributed by atoms with Crippen molar-refractivity contribution in [1.82, 2.24) is 0 Å². The molecule has 1 aliphatic rings. The van der Waals surface area contributed by atoms with Gasteiger partial charge in [0.25, 0.3) is 0 Å². The highest BCUT2D eigenvalue weighted by molar-refractivity contribution is 5.96. The van der Waals surface area contributed by atoms with Gasteiger partial charge in [-0.3, -0.25) is 0 Å². The van der Waals surface area contributed by atoms with Gasteiger partial charge < -0.3 is 0 Å². The van der Waals surface area contributed by atoms with Crippen molar-refractivity contribution >= 4 is 10.8 Å². The minimum Gasteiger partial charge on any atom is -0.0999 e. The van der Waals surface area contributed by atoms with Crippen LogP contribution in [0, 0.1) is 5.92 Å². The molecule has 0 spiro atoms.